The summed E-state index contributed by atoms with van der Waals surface area (Å²) in [5, 5.41) is 2.99. The number of hydrogen-bond acceptors (Lipinski definition) is 3. The monoisotopic (exact) mass is 338 g/mol. The Morgan fingerprint density at radius 2 is 1.91 bits per heavy atom. The lowest BCUT2D eigenvalue weighted by molar-refractivity contribution is 0.0875. The van der Waals surface area contributed by atoms with Crippen molar-refractivity contribution in [1.82, 2.24) is 5.32 Å². The number of carbonyl (C=O) groups excluding carboxylic acids is 1. The van der Waals surface area contributed by atoms with Gasteiger partial charge in [0.25, 0.3) is 5.91 Å². The second kappa shape index (κ2) is 7.15. The lowest BCUT2D eigenvalue weighted by atomic mass is 9.98. The molecule has 0 saturated heterocycles. The summed E-state index contributed by atoms with van der Waals surface area (Å²) in [6.07, 6.45) is 3.90. The second-order valence-electron chi connectivity index (χ2n) is 5.79. The lowest BCUT2D eigenvalue weighted by Crippen LogP contribution is -2.51. The fourth-order valence-corrected chi connectivity index (χ4v) is 3.00. The van der Waals surface area contributed by atoms with Crippen molar-refractivity contribution >= 4 is 18.3 Å². The summed E-state index contributed by atoms with van der Waals surface area (Å²) >= 11 is 0. The van der Waals surface area contributed by atoms with E-state index in [0.717, 1.165) is 25.7 Å². The van der Waals surface area contributed by atoms with Crippen molar-refractivity contribution in [1.29, 1.82) is 0 Å². The predicted molar refractivity (Wildman–Crippen MR) is 89.1 cm³/mol. The average Bonchev–Trinajstić information content (AvgIpc) is 3.17. The Hall–Kier alpha value is -1.85. The molecule has 0 unspecified atom stereocenters. The standard InChI is InChI=1S/C17H19FN2O2.ClH/c18-13-6-2-1-5-12(13)14-7-8-15(22-14)16(21)20-17(11-19)9-3-4-10-17;/h1-2,5-8H,3-4,9-11,19H2,(H,20,21);1H. The molecule has 0 spiro atoms. The molecule has 4 nitrogen and oxygen atoms in total. The van der Waals surface area contributed by atoms with Gasteiger partial charge in [-0.2, -0.15) is 0 Å². The highest BCUT2D eigenvalue weighted by molar-refractivity contribution is 5.92. The molecule has 1 fully saturated rings. The first-order valence-electron chi connectivity index (χ1n) is 7.51. The Balaban J connectivity index is 0.00000192. The Kier molecular flexibility index (Phi) is 5.44. The first-order valence-corrected chi connectivity index (χ1v) is 7.51. The van der Waals surface area contributed by atoms with Crippen molar-refractivity contribution in [3.8, 4) is 11.3 Å². The van der Waals surface area contributed by atoms with Crippen molar-refractivity contribution in [2.45, 2.75) is 31.2 Å². The van der Waals surface area contributed by atoms with Crippen LogP contribution in [0.25, 0.3) is 11.3 Å². The van der Waals surface area contributed by atoms with Gasteiger partial charge in [-0.3, -0.25) is 4.79 Å². The predicted octanol–water partition coefficient (Wildman–Crippen LogP) is 3.51. The van der Waals surface area contributed by atoms with Crippen LogP contribution < -0.4 is 11.1 Å². The van der Waals surface area contributed by atoms with E-state index in [1.807, 2.05) is 0 Å². The van der Waals surface area contributed by atoms with Crippen molar-refractivity contribution in [3.05, 3.63) is 48.0 Å². The molecule has 0 radical (unpaired) electrons. The van der Waals surface area contributed by atoms with Crippen LogP contribution in [-0.4, -0.2) is 18.0 Å². The van der Waals surface area contributed by atoms with E-state index in [0.29, 0.717) is 17.9 Å². The molecule has 1 saturated carbocycles. The molecule has 124 valence electrons. The van der Waals surface area contributed by atoms with Gasteiger partial charge in [0.1, 0.15) is 11.6 Å². The van der Waals surface area contributed by atoms with Gasteiger partial charge in [-0.05, 0) is 37.1 Å². The Morgan fingerprint density at radius 1 is 1.22 bits per heavy atom. The summed E-state index contributed by atoms with van der Waals surface area (Å²) in [5.74, 6) is -0.151. The van der Waals surface area contributed by atoms with E-state index in [1.165, 1.54) is 6.07 Å². The summed E-state index contributed by atoms with van der Waals surface area (Å²) in [4.78, 5) is 12.3. The van der Waals surface area contributed by atoms with E-state index < -0.39 is 0 Å². The van der Waals surface area contributed by atoms with Crippen molar-refractivity contribution < 1.29 is 13.6 Å². The third-order valence-electron chi connectivity index (χ3n) is 4.30. The number of nitrogens with one attached hydrogen (secondary N) is 1. The van der Waals surface area contributed by atoms with Crippen LogP contribution >= 0.6 is 12.4 Å². The zero-order valence-corrected chi connectivity index (χ0v) is 13.5. The zero-order valence-electron chi connectivity index (χ0n) is 12.7. The molecule has 1 aromatic heterocycles. The molecule has 0 aliphatic heterocycles. The topological polar surface area (TPSA) is 68.3 Å². The minimum atomic E-state index is -0.377. The van der Waals surface area contributed by atoms with Gasteiger partial charge in [0, 0.05) is 6.54 Å². The Bertz CT molecular complexity index is 681. The maximum atomic E-state index is 13.8. The van der Waals surface area contributed by atoms with Gasteiger partial charge in [-0.25, -0.2) is 4.39 Å². The number of hydrogen-bond donors (Lipinski definition) is 2. The number of rotatable bonds is 4. The molecule has 3 rings (SSSR count). The number of benzene rings is 1. The van der Waals surface area contributed by atoms with E-state index in [-0.39, 0.29) is 35.4 Å². The normalized spacial score (nSPS) is 15.9. The van der Waals surface area contributed by atoms with Crippen LogP contribution in [0.15, 0.2) is 40.8 Å². The van der Waals surface area contributed by atoms with Crippen LogP contribution in [0.4, 0.5) is 4.39 Å². The summed E-state index contributed by atoms with van der Waals surface area (Å²) in [6.45, 7) is 0.416. The fraction of sp³-hybridized carbons (Fsp3) is 0.353. The molecule has 1 aliphatic rings. The molecule has 0 bridgehead atoms. The number of nitrogens with two attached hydrogens (primary N) is 1. The smallest absolute Gasteiger partial charge is 0.287 e. The van der Waals surface area contributed by atoms with Gasteiger partial charge >= 0.3 is 0 Å². The van der Waals surface area contributed by atoms with Gasteiger partial charge < -0.3 is 15.5 Å². The molecule has 1 aliphatic carbocycles. The van der Waals surface area contributed by atoms with Crippen LogP contribution in [0, 0.1) is 5.82 Å². The van der Waals surface area contributed by atoms with Gasteiger partial charge in [0.2, 0.25) is 0 Å². The molecule has 1 heterocycles. The highest BCUT2D eigenvalue weighted by Crippen LogP contribution is 2.30. The Morgan fingerprint density at radius 3 is 2.57 bits per heavy atom. The Labute approximate surface area is 140 Å². The maximum Gasteiger partial charge on any atom is 0.287 e. The molecular formula is C17H20ClFN2O2. The van der Waals surface area contributed by atoms with Gasteiger partial charge in [-0.15, -0.1) is 12.4 Å². The van der Waals surface area contributed by atoms with Crippen LogP contribution in [0.3, 0.4) is 0 Å². The first-order chi connectivity index (χ1) is 10.6. The van der Waals surface area contributed by atoms with Gasteiger partial charge in [0.05, 0.1) is 11.1 Å². The second-order valence-corrected chi connectivity index (χ2v) is 5.79. The van der Waals surface area contributed by atoms with E-state index in [9.17, 15) is 9.18 Å². The summed E-state index contributed by atoms with van der Waals surface area (Å²) in [6, 6.07) is 9.49. The molecule has 23 heavy (non-hydrogen) atoms. The van der Waals surface area contributed by atoms with E-state index in [1.54, 1.807) is 30.3 Å². The van der Waals surface area contributed by atoms with Crippen molar-refractivity contribution in [2.24, 2.45) is 5.73 Å². The number of amides is 1. The molecule has 1 amide bonds. The number of furan rings is 1. The van der Waals surface area contributed by atoms with Crippen LogP contribution in [0.1, 0.15) is 36.2 Å². The average molecular weight is 339 g/mol. The molecule has 3 N–H and O–H groups in total. The highest BCUT2D eigenvalue weighted by atomic mass is 35.5. The number of carbonyl (C=O) groups is 1. The van der Waals surface area contributed by atoms with E-state index in [2.05, 4.69) is 5.32 Å². The minimum absolute atomic E-state index is 0. The van der Waals surface area contributed by atoms with E-state index in [4.69, 9.17) is 10.2 Å². The van der Waals surface area contributed by atoms with Crippen molar-refractivity contribution in [2.75, 3.05) is 6.54 Å². The molecular weight excluding hydrogens is 319 g/mol. The van der Waals surface area contributed by atoms with Crippen LogP contribution in [-0.2, 0) is 0 Å². The lowest BCUT2D eigenvalue weighted by Gasteiger charge is -2.28. The highest BCUT2D eigenvalue weighted by Gasteiger charge is 2.34. The fourth-order valence-electron chi connectivity index (χ4n) is 3.00. The summed E-state index contributed by atoms with van der Waals surface area (Å²) < 4.78 is 19.3. The third-order valence-corrected chi connectivity index (χ3v) is 4.30. The van der Waals surface area contributed by atoms with E-state index >= 15 is 0 Å². The SMILES string of the molecule is Cl.NCC1(NC(=O)c2ccc(-c3ccccc3F)o2)CCCC1. The summed E-state index contributed by atoms with van der Waals surface area (Å²) in [5.41, 5.74) is 5.83. The largest absolute Gasteiger partial charge is 0.451 e. The van der Waals surface area contributed by atoms with Crippen LogP contribution in [0.5, 0.6) is 0 Å². The first kappa shape index (κ1) is 17.5. The maximum absolute atomic E-state index is 13.8. The molecule has 2 aromatic rings. The van der Waals surface area contributed by atoms with Crippen molar-refractivity contribution in [3.63, 3.8) is 0 Å². The number of halogens is 2. The third kappa shape index (κ3) is 3.57. The van der Waals surface area contributed by atoms with Crippen LogP contribution in [0.2, 0.25) is 0 Å². The zero-order chi connectivity index (χ0) is 15.6. The molecule has 6 heteroatoms. The quantitative estimate of drug-likeness (QED) is 0.896. The van der Waals surface area contributed by atoms with Gasteiger partial charge in [-0.1, -0.05) is 25.0 Å². The molecule has 0 atom stereocenters. The van der Waals surface area contributed by atoms with Gasteiger partial charge in [0.15, 0.2) is 5.76 Å². The summed E-state index contributed by atoms with van der Waals surface area (Å²) in [7, 11) is 0. The minimum Gasteiger partial charge on any atom is -0.451 e. The molecule has 1 aromatic carbocycles.